The molecule has 2 aliphatic rings. The molecule has 0 saturated carbocycles. The van der Waals surface area contributed by atoms with Crippen LogP contribution in [0.5, 0.6) is 0 Å². The normalized spacial score (nSPS) is 15.7. The molecule has 0 saturated heterocycles. The number of carboxylic acids is 4. The summed E-state index contributed by atoms with van der Waals surface area (Å²) in [5.41, 5.74) is 14.5. The average Bonchev–Trinajstić information content (AvgIpc) is 3.25. The number of fused-ring (bicyclic) bond motifs is 2. The second-order valence-electron chi connectivity index (χ2n) is 15.1. The number of nitrogen functional groups attached to an aromatic ring is 2. The number of rotatable bonds is 18. The number of nitrogens with zero attached hydrogens (tertiary/aromatic N) is 2. The number of nitrogens with two attached hydrogens (primary N) is 2. The van der Waals surface area contributed by atoms with E-state index in [-0.39, 0.29) is 71.9 Å². The number of carbonyl (C=O) groups excluding carboxylic acids is 2. The Morgan fingerprint density at radius 1 is 0.656 bits per heavy atom. The molecule has 4 aromatic rings. The van der Waals surface area contributed by atoms with Crippen LogP contribution in [0.25, 0.3) is 0 Å². The number of anilines is 5. The van der Waals surface area contributed by atoms with E-state index < -0.39 is 47.8 Å². The second-order valence-corrected chi connectivity index (χ2v) is 15.1. The third-order valence-corrected chi connectivity index (χ3v) is 10.4. The van der Waals surface area contributed by atoms with Gasteiger partial charge in [-0.05, 0) is 86.8 Å². The Hall–Kier alpha value is -7.98. The number of aromatic amines is 2. The van der Waals surface area contributed by atoms with E-state index in [1.807, 2.05) is 0 Å². The lowest BCUT2D eigenvalue weighted by atomic mass is 9.96. The lowest BCUT2D eigenvalue weighted by molar-refractivity contribution is -0.142. The fourth-order valence-corrected chi connectivity index (χ4v) is 6.94. The number of carboxylic acid groups (broad SMARTS) is 4. The van der Waals surface area contributed by atoms with Gasteiger partial charge in [0.05, 0.1) is 5.69 Å². The summed E-state index contributed by atoms with van der Waals surface area (Å²) in [5, 5.41) is 49.9. The lowest BCUT2D eigenvalue weighted by Gasteiger charge is -2.26. The standard InChI is InChI=1S/C21H25N5O6.C20H24N6O6/c22-21-25-14-8-7-13(23-17(14)19(30)26-21)6-3-11-1-4-12(5-2-11)18(29)24-15(20(31)32)9-10-16(27)28;21-20-25-16-15(18(30)26-20)23-12(9-22-16)6-3-10-1-4-11(5-2-10)17(29)24-13(19(31)32)7-8-14(27)28/h1-2,4-5,13,15,23H,3,6-10H2,(H,24,29)(H,27,28)(H,31,32)(H3,22,25,26,30);1-2,4-5,12-13,23H,3,6-9H2,(H,24,29)(H,27,28)(H,31,32)(H4,21,22,25,26,30)/t13?,15-;12?,13-/m00/s1. The molecule has 23 nitrogen and oxygen atoms in total. The van der Waals surface area contributed by atoms with Gasteiger partial charge in [-0.15, -0.1) is 0 Å². The van der Waals surface area contributed by atoms with Gasteiger partial charge in [0.2, 0.25) is 11.9 Å². The summed E-state index contributed by atoms with van der Waals surface area (Å²) >= 11 is 0. The van der Waals surface area contributed by atoms with Crippen LogP contribution in [0.3, 0.4) is 0 Å². The van der Waals surface area contributed by atoms with Crippen LogP contribution in [0.2, 0.25) is 0 Å². The van der Waals surface area contributed by atoms with Crippen LogP contribution >= 0.6 is 0 Å². The largest absolute Gasteiger partial charge is 0.481 e. The summed E-state index contributed by atoms with van der Waals surface area (Å²) in [6, 6.07) is 11.0. The molecule has 2 unspecified atom stereocenters. The molecule has 0 radical (unpaired) electrons. The van der Waals surface area contributed by atoms with Gasteiger partial charge in [0.25, 0.3) is 22.9 Å². The van der Waals surface area contributed by atoms with E-state index in [4.69, 9.17) is 31.9 Å². The SMILES string of the molecule is Nc1nc2c(c(=O)[nH]1)NC(CCc1ccc(C(=O)N[C@@H](CCC(=O)O)C(=O)O)cc1)CC2.Nc1nc2c(c(=O)[nH]1)NC(CCc1ccc(C(=O)N[C@@H](CCC(=O)O)C(=O)O)cc1)CN2. The number of hydrogen-bond acceptors (Lipinski definition) is 15. The highest BCUT2D eigenvalue weighted by atomic mass is 16.4. The van der Waals surface area contributed by atoms with E-state index in [1.165, 1.54) is 0 Å². The molecule has 4 atom stereocenters. The fraction of sp³-hybridized carbons (Fsp3) is 0.366. The molecule has 15 N–H and O–H groups in total. The van der Waals surface area contributed by atoms with E-state index in [0.29, 0.717) is 55.1 Å². The Morgan fingerprint density at radius 2 is 1.11 bits per heavy atom. The van der Waals surface area contributed by atoms with Crippen LogP contribution in [-0.4, -0.2) is 107 Å². The van der Waals surface area contributed by atoms with Crippen molar-refractivity contribution in [2.45, 2.75) is 88.4 Å². The van der Waals surface area contributed by atoms with E-state index in [0.717, 1.165) is 24.0 Å². The molecule has 340 valence electrons. The van der Waals surface area contributed by atoms with E-state index >= 15 is 0 Å². The summed E-state index contributed by atoms with van der Waals surface area (Å²) in [4.78, 5) is 106. The number of carbonyl (C=O) groups is 6. The smallest absolute Gasteiger partial charge is 0.326 e. The van der Waals surface area contributed by atoms with Gasteiger partial charge >= 0.3 is 23.9 Å². The zero-order valence-electron chi connectivity index (χ0n) is 34.3. The van der Waals surface area contributed by atoms with Gasteiger partial charge in [-0.1, -0.05) is 24.3 Å². The minimum absolute atomic E-state index is 0.0115. The minimum atomic E-state index is -1.29. The van der Waals surface area contributed by atoms with E-state index in [2.05, 4.69) is 46.5 Å². The van der Waals surface area contributed by atoms with Gasteiger partial charge in [0.15, 0.2) is 5.82 Å². The predicted octanol–water partition coefficient (Wildman–Crippen LogP) is 0.998. The van der Waals surface area contributed by atoms with Crippen LogP contribution in [0.1, 0.15) is 82.5 Å². The Balaban J connectivity index is 0.000000241. The van der Waals surface area contributed by atoms with Gasteiger partial charge in [-0.3, -0.25) is 38.7 Å². The van der Waals surface area contributed by atoms with Crippen molar-refractivity contribution in [3.8, 4) is 0 Å². The number of nitrogens with one attached hydrogen (secondary N) is 7. The van der Waals surface area contributed by atoms with Crippen LogP contribution in [0.4, 0.5) is 29.1 Å². The molecule has 2 aromatic carbocycles. The summed E-state index contributed by atoms with van der Waals surface area (Å²) < 4.78 is 0. The first kappa shape index (κ1) is 47.1. The number of aliphatic carboxylic acids is 4. The maximum absolute atomic E-state index is 12.3. The highest BCUT2D eigenvalue weighted by Crippen LogP contribution is 2.24. The van der Waals surface area contributed by atoms with Gasteiger partial charge in [0.1, 0.15) is 23.5 Å². The number of H-pyrrole nitrogens is 2. The highest BCUT2D eigenvalue weighted by Gasteiger charge is 2.25. The van der Waals surface area contributed by atoms with Gasteiger partial charge in [-0.2, -0.15) is 4.98 Å². The second kappa shape index (κ2) is 21.7. The van der Waals surface area contributed by atoms with Crippen molar-refractivity contribution in [3.05, 3.63) is 97.2 Å². The number of aryl methyl sites for hydroxylation is 3. The van der Waals surface area contributed by atoms with Crippen molar-refractivity contribution in [2.24, 2.45) is 0 Å². The summed E-state index contributed by atoms with van der Waals surface area (Å²) in [7, 11) is 0. The summed E-state index contributed by atoms with van der Waals surface area (Å²) in [6.07, 6.45) is 3.22. The number of hydrogen-bond donors (Lipinski definition) is 13. The lowest BCUT2D eigenvalue weighted by Crippen LogP contribution is -2.41. The number of benzene rings is 2. The van der Waals surface area contributed by atoms with E-state index in [1.54, 1.807) is 48.5 Å². The first-order valence-corrected chi connectivity index (χ1v) is 20.2. The zero-order valence-corrected chi connectivity index (χ0v) is 34.3. The molecule has 0 fully saturated rings. The van der Waals surface area contributed by atoms with Crippen molar-refractivity contribution < 1.29 is 49.2 Å². The first-order valence-electron chi connectivity index (χ1n) is 20.2. The van der Waals surface area contributed by atoms with Gasteiger partial charge < -0.3 is 58.5 Å². The van der Waals surface area contributed by atoms with Gasteiger partial charge in [-0.25, -0.2) is 14.6 Å². The van der Waals surface area contributed by atoms with Crippen LogP contribution < -0.4 is 49.2 Å². The molecular formula is C41H49N11O12. The maximum atomic E-state index is 12.3. The Bertz CT molecular complexity index is 2300. The fourth-order valence-electron chi connectivity index (χ4n) is 6.94. The van der Waals surface area contributed by atoms with Crippen LogP contribution in [0.15, 0.2) is 58.1 Å². The van der Waals surface area contributed by atoms with E-state index in [9.17, 15) is 38.4 Å². The van der Waals surface area contributed by atoms with Crippen molar-refractivity contribution in [1.82, 2.24) is 30.6 Å². The minimum Gasteiger partial charge on any atom is -0.481 e. The number of amides is 2. The molecule has 0 bridgehead atoms. The molecule has 64 heavy (non-hydrogen) atoms. The molecule has 6 rings (SSSR count). The highest BCUT2D eigenvalue weighted by molar-refractivity contribution is 5.97. The maximum Gasteiger partial charge on any atom is 0.326 e. The Morgan fingerprint density at radius 3 is 1.59 bits per heavy atom. The molecule has 4 heterocycles. The molecule has 0 aliphatic carbocycles. The quantitative estimate of drug-likeness (QED) is 0.0662. The molecule has 0 spiro atoms. The summed E-state index contributed by atoms with van der Waals surface area (Å²) in [6.45, 7) is 0.566. The van der Waals surface area contributed by atoms with Gasteiger partial charge in [0, 0.05) is 42.6 Å². The topological polar surface area (TPSA) is 387 Å². The molecule has 2 aromatic heterocycles. The molecule has 2 aliphatic heterocycles. The third kappa shape index (κ3) is 13.5. The Labute approximate surface area is 363 Å². The van der Waals surface area contributed by atoms with Crippen LogP contribution in [-0.2, 0) is 38.4 Å². The summed E-state index contributed by atoms with van der Waals surface area (Å²) in [5.74, 6) is -5.43. The monoisotopic (exact) mass is 887 g/mol. The molecule has 2 amide bonds. The first-order chi connectivity index (χ1) is 30.4. The molecule has 23 heteroatoms. The van der Waals surface area contributed by atoms with Crippen molar-refractivity contribution in [2.75, 3.05) is 34.0 Å². The molecular weight excluding hydrogens is 839 g/mol. The van der Waals surface area contributed by atoms with Crippen molar-refractivity contribution in [1.29, 1.82) is 0 Å². The Kier molecular flexibility index (Phi) is 16.0. The predicted molar refractivity (Wildman–Crippen MR) is 231 cm³/mol. The average molecular weight is 888 g/mol. The van der Waals surface area contributed by atoms with Crippen LogP contribution in [0, 0.1) is 0 Å². The number of aromatic nitrogens is 4. The third-order valence-electron chi connectivity index (χ3n) is 10.4. The van der Waals surface area contributed by atoms with Crippen molar-refractivity contribution in [3.63, 3.8) is 0 Å². The van der Waals surface area contributed by atoms with Crippen molar-refractivity contribution >= 4 is 64.8 Å². The zero-order chi connectivity index (χ0) is 46.5.